The highest BCUT2D eigenvalue weighted by molar-refractivity contribution is 5.85. The van der Waals surface area contributed by atoms with Crippen LogP contribution in [0, 0.1) is 5.92 Å². The van der Waals surface area contributed by atoms with Crippen molar-refractivity contribution in [3.63, 3.8) is 0 Å². The Morgan fingerprint density at radius 1 is 1.12 bits per heavy atom. The fourth-order valence-electron chi connectivity index (χ4n) is 1.70. The largest absolute Gasteiger partial charge is 0.300 e. The maximum Gasteiger partial charge on any atom is 0.133 e. The molecule has 0 radical (unpaired) electrons. The highest BCUT2D eigenvalue weighted by Crippen LogP contribution is 2.14. The highest BCUT2D eigenvalue weighted by Gasteiger charge is 2.10. The van der Waals surface area contributed by atoms with Crippen molar-refractivity contribution in [3.05, 3.63) is 11.6 Å². The minimum absolute atomic E-state index is 0.190. The Bertz CT molecular complexity index is 273. The number of Topliss-reactive ketones (excluding diaryl/α,β-unsaturated/α-hetero) is 2. The van der Waals surface area contributed by atoms with Crippen LogP contribution >= 0.6 is 0 Å². The Hall–Kier alpha value is -0.920. The van der Waals surface area contributed by atoms with Gasteiger partial charge in [-0.05, 0) is 32.6 Å². The summed E-state index contributed by atoms with van der Waals surface area (Å²) < 4.78 is 0. The van der Waals surface area contributed by atoms with Crippen molar-refractivity contribution >= 4 is 11.6 Å². The van der Waals surface area contributed by atoms with E-state index < -0.39 is 0 Å². The fraction of sp³-hybridized carbons (Fsp3) is 0.733. The molecule has 0 aliphatic carbocycles. The summed E-state index contributed by atoms with van der Waals surface area (Å²) in [6, 6.07) is 0. The molecule has 98 valence electrons. The molecule has 0 aromatic heterocycles. The molecule has 0 spiro atoms. The first-order chi connectivity index (χ1) is 7.95. The lowest BCUT2D eigenvalue weighted by molar-refractivity contribution is -0.124. The molecule has 0 rings (SSSR count). The predicted molar refractivity (Wildman–Crippen MR) is 72.0 cm³/mol. The standard InChI is InChI=1S/C15H26O2/c1-5-14(16)9-10-15(17)11-13(4)8-6-7-12(2)3/h7,13H,5-6,8-11H2,1-4H3. The van der Waals surface area contributed by atoms with Gasteiger partial charge in [0, 0.05) is 25.7 Å². The van der Waals surface area contributed by atoms with Gasteiger partial charge >= 0.3 is 0 Å². The Labute approximate surface area is 105 Å². The Kier molecular flexibility index (Phi) is 8.65. The molecular formula is C15H26O2. The number of carbonyl (C=O) groups is 2. The maximum atomic E-state index is 11.6. The first-order valence-corrected chi connectivity index (χ1v) is 6.62. The van der Waals surface area contributed by atoms with Gasteiger partial charge in [0.2, 0.25) is 0 Å². The Morgan fingerprint density at radius 2 is 1.71 bits per heavy atom. The molecule has 1 atom stereocenters. The molecule has 17 heavy (non-hydrogen) atoms. The van der Waals surface area contributed by atoms with Crippen molar-refractivity contribution in [3.8, 4) is 0 Å². The lowest BCUT2D eigenvalue weighted by Crippen LogP contribution is -2.07. The molecule has 0 fully saturated rings. The van der Waals surface area contributed by atoms with Crippen molar-refractivity contribution in [1.29, 1.82) is 0 Å². The van der Waals surface area contributed by atoms with E-state index in [1.54, 1.807) is 0 Å². The van der Waals surface area contributed by atoms with E-state index in [-0.39, 0.29) is 11.6 Å². The van der Waals surface area contributed by atoms with Crippen molar-refractivity contribution in [2.24, 2.45) is 5.92 Å². The normalized spacial score (nSPS) is 12.0. The zero-order chi connectivity index (χ0) is 13.3. The summed E-state index contributed by atoms with van der Waals surface area (Å²) in [6.45, 7) is 8.13. The zero-order valence-electron chi connectivity index (χ0n) is 11.7. The Balaban J connectivity index is 3.73. The van der Waals surface area contributed by atoms with Gasteiger partial charge in [0.1, 0.15) is 11.6 Å². The average Bonchev–Trinajstić information content (AvgIpc) is 2.25. The van der Waals surface area contributed by atoms with Crippen LogP contribution in [0.25, 0.3) is 0 Å². The quantitative estimate of drug-likeness (QED) is 0.567. The average molecular weight is 238 g/mol. The van der Waals surface area contributed by atoms with Gasteiger partial charge in [-0.2, -0.15) is 0 Å². The number of rotatable bonds is 9. The first-order valence-electron chi connectivity index (χ1n) is 6.62. The summed E-state index contributed by atoms with van der Waals surface area (Å²) in [7, 11) is 0. The van der Waals surface area contributed by atoms with Crippen LogP contribution < -0.4 is 0 Å². The summed E-state index contributed by atoms with van der Waals surface area (Å²) in [5, 5.41) is 0. The predicted octanol–water partition coefficient (Wildman–Crippen LogP) is 4.09. The third-order valence-corrected chi connectivity index (χ3v) is 2.87. The van der Waals surface area contributed by atoms with Crippen molar-refractivity contribution in [2.75, 3.05) is 0 Å². The van der Waals surface area contributed by atoms with Crippen LogP contribution in [0.15, 0.2) is 11.6 Å². The molecular weight excluding hydrogens is 212 g/mol. The van der Waals surface area contributed by atoms with Crippen LogP contribution in [-0.4, -0.2) is 11.6 Å². The molecule has 0 saturated carbocycles. The molecule has 2 heteroatoms. The molecule has 0 amide bonds. The minimum Gasteiger partial charge on any atom is -0.300 e. The molecule has 0 bridgehead atoms. The van der Waals surface area contributed by atoms with Gasteiger partial charge in [-0.15, -0.1) is 0 Å². The smallest absolute Gasteiger partial charge is 0.133 e. The molecule has 0 aromatic rings. The highest BCUT2D eigenvalue weighted by atomic mass is 16.1. The summed E-state index contributed by atoms with van der Waals surface area (Å²) in [6.07, 6.45) is 6.33. The van der Waals surface area contributed by atoms with Crippen LogP contribution in [0.4, 0.5) is 0 Å². The van der Waals surface area contributed by atoms with Crippen molar-refractivity contribution in [2.45, 2.75) is 66.2 Å². The molecule has 0 aliphatic heterocycles. The molecule has 0 aromatic carbocycles. The van der Waals surface area contributed by atoms with Crippen molar-refractivity contribution in [1.82, 2.24) is 0 Å². The van der Waals surface area contributed by atoms with Crippen LogP contribution in [0.1, 0.15) is 66.2 Å². The van der Waals surface area contributed by atoms with Gasteiger partial charge in [-0.1, -0.05) is 25.5 Å². The van der Waals surface area contributed by atoms with Crippen molar-refractivity contribution < 1.29 is 9.59 Å². The monoisotopic (exact) mass is 238 g/mol. The van der Waals surface area contributed by atoms with Crippen LogP contribution in [0.2, 0.25) is 0 Å². The number of hydrogen-bond acceptors (Lipinski definition) is 2. The zero-order valence-corrected chi connectivity index (χ0v) is 11.7. The molecule has 1 unspecified atom stereocenters. The number of allylic oxidation sites excluding steroid dienone is 2. The van der Waals surface area contributed by atoms with Gasteiger partial charge in [0.05, 0.1) is 0 Å². The lowest BCUT2D eigenvalue weighted by atomic mass is 9.96. The van der Waals surface area contributed by atoms with Gasteiger partial charge < -0.3 is 0 Å². The van der Waals surface area contributed by atoms with E-state index in [2.05, 4.69) is 26.8 Å². The second-order valence-corrected chi connectivity index (χ2v) is 5.10. The molecule has 2 nitrogen and oxygen atoms in total. The van der Waals surface area contributed by atoms with E-state index in [0.29, 0.717) is 31.6 Å². The number of ketones is 2. The van der Waals surface area contributed by atoms with E-state index >= 15 is 0 Å². The van der Waals surface area contributed by atoms with E-state index in [1.165, 1.54) is 5.57 Å². The topological polar surface area (TPSA) is 34.1 Å². The van der Waals surface area contributed by atoms with Crippen LogP contribution in [0.3, 0.4) is 0 Å². The maximum absolute atomic E-state index is 11.6. The lowest BCUT2D eigenvalue weighted by Gasteiger charge is -2.08. The minimum atomic E-state index is 0.190. The first kappa shape index (κ1) is 16.1. The molecule has 0 N–H and O–H groups in total. The van der Waals surface area contributed by atoms with E-state index in [0.717, 1.165) is 12.8 Å². The molecule has 0 saturated heterocycles. The SMILES string of the molecule is CCC(=O)CCC(=O)CC(C)CCC=C(C)C. The summed E-state index contributed by atoms with van der Waals surface area (Å²) >= 11 is 0. The number of hydrogen-bond donors (Lipinski definition) is 0. The van der Waals surface area contributed by atoms with Gasteiger partial charge in [0.25, 0.3) is 0 Å². The van der Waals surface area contributed by atoms with Crippen LogP contribution in [0.5, 0.6) is 0 Å². The second-order valence-electron chi connectivity index (χ2n) is 5.10. The summed E-state index contributed by atoms with van der Waals surface area (Å²) in [5.41, 5.74) is 1.33. The molecule has 0 aliphatic rings. The third-order valence-electron chi connectivity index (χ3n) is 2.87. The van der Waals surface area contributed by atoms with E-state index in [1.807, 2.05) is 6.92 Å². The van der Waals surface area contributed by atoms with Gasteiger partial charge in [-0.25, -0.2) is 0 Å². The molecule has 0 heterocycles. The second kappa shape index (κ2) is 9.15. The summed E-state index contributed by atoms with van der Waals surface area (Å²) in [5.74, 6) is 0.849. The van der Waals surface area contributed by atoms with Gasteiger partial charge in [0.15, 0.2) is 0 Å². The Morgan fingerprint density at radius 3 is 2.24 bits per heavy atom. The van der Waals surface area contributed by atoms with Crippen LogP contribution in [-0.2, 0) is 9.59 Å². The third kappa shape index (κ3) is 9.98. The fourth-order valence-corrected chi connectivity index (χ4v) is 1.70. The summed E-state index contributed by atoms with van der Waals surface area (Å²) in [4.78, 5) is 22.7. The van der Waals surface area contributed by atoms with Gasteiger partial charge in [-0.3, -0.25) is 9.59 Å². The van der Waals surface area contributed by atoms with E-state index in [9.17, 15) is 9.59 Å². The number of carbonyl (C=O) groups excluding carboxylic acids is 2. The van der Waals surface area contributed by atoms with E-state index in [4.69, 9.17) is 0 Å².